The summed E-state index contributed by atoms with van der Waals surface area (Å²) in [4.78, 5) is 10.9. The quantitative estimate of drug-likeness (QED) is 0.649. The highest BCUT2D eigenvalue weighted by atomic mass is 16.3. The molecule has 0 heterocycles. The second kappa shape index (κ2) is 4.11. The molecule has 5 N–H and O–H groups in total. The third-order valence-electron chi connectivity index (χ3n) is 1.88. The van der Waals surface area contributed by atoms with Gasteiger partial charge in [-0.2, -0.15) is 0 Å². The predicted molar refractivity (Wildman–Crippen MR) is 54.0 cm³/mol. The molecular formula is C10H14N2O2. The van der Waals surface area contributed by atoms with Crippen LogP contribution in [0, 0.1) is 0 Å². The minimum atomic E-state index is -0.631. The summed E-state index contributed by atoms with van der Waals surface area (Å²) in [6.45, 7) is 1.87. The number of nitrogens with two attached hydrogens (primary N) is 2. The van der Waals surface area contributed by atoms with E-state index in [-0.39, 0.29) is 17.4 Å². The predicted octanol–water partition coefficient (Wildman–Crippen LogP) is 0.381. The minimum Gasteiger partial charge on any atom is -0.507 e. The minimum absolute atomic E-state index is 0.0141. The molecule has 0 aliphatic heterocycles. The summed E-state index contributed by atoms with van der Waals surface area (Å²) in [7, 11) is 0. The molecule has 14 heavy (non-hydrogen) atoms. The number of phenols is 1. The molecule has 0 unspecified atom stereocenters. The van der Waals surface area contributed by atoms with Crippen LogP contribution in [0.2, 0.25) is 0 Å². The van der Waals surface area contributed by atoms with Crippen LogP contribution >= 0.6 is 0 Å². The van der Waals surface area contributed by atoms with Crippen molar-refractivity contribution in [3.05, 3.63) is 29.3 Å². The first kappa shape index (κ1) is 10.5. The van der Waals surface area contributed by atoms with Gasteiger partial charge in [-0.05, 0) is 31.0 Å². The molecule has 0 saturated carbocycles. The molecule has 0 bridgehead atoms. The lowest BCUT2D eigenvalue weighted by atomic mass is 10.0. The number of rotatable bonds is 3. The fourth-order valence-corrected chi connectivity index (χ4v) is 1.28. The lowest BCUT2D eigenvalue weighted by Crippen LogP contribution is -2.18. The lowest BCUT2D eigenvalue weighted by Gasteiger charge is -2.07. The monoisotopic (exact) mass is 194 g/mol. The second-order valence-corrected chi connectivity index (χ2v) is 3.40. The van der Waals surface area contributed by atoms with Crippen LogP contribution in [0.25, 0.3) is 0 Å². The average Bonchev–Trinajstić information content (AvgIpc) is 2.07. The van der Waals surface area contributed by atoms with Crippen molar-refractivity contribution in [2.75, 3.05) is 0 Å². The van der Waals surface area contributed by atoms with E-state index in [1.54, 1.807) is 12.1 Å². The Balaban J connectivity index is 3.00. The van der Waals surface area contributed by atoms with E-state index in [2.05, 4.69) is 0 Å². The van der Waals surface area contributed by atoms with E-state index >= 15 is 0 Å². The zero-order valence-electron chi connectivity index (χ0n) is 8.03. The van der Waals surface area contributed by atoms with Crippen molar-refractivity contribution in [2.45, 2.75) is 19.4 Å². The molecule has 1 aromatic rings. The molecule has 0 fully saturated rings. The molecule has 0 aliphatic rings. The SMILES string of the molecule is C[C@H](N)Cc1ccc(O)c(C(N)=O)c1. The summed E-state index contributed by atoms with van der Waals surface area (Å²) in [6, 6.07) is 4.77. The van der Waals surface area contributed by atoms with Gasteiger partial charge in [0.1, 0.15) is 5.75 Å². The number of aromatic hydroxyl groups is 1. The second-order valence-electron chi connectivity index (χ2n) is 3.40. The Kier molecular flexibility index (Phi) is 3.09. The van der Waals surface area contributed by atoms with Gasteiger partial charge in [0.15, 0.2) is 0 Å². The average molecular weight is 194 g/mol. The summed E-state index contributed by atoms with van der Waals surface area (Å²) in [5.41, 5.74) is 11.7. The standard InChI is InChI=1S/C10H14N2O2/c1-6(11)4-7-2-3-9(13)8(5-7)10(12)14/h2-3,5-6,13H,4,11H2,1H3,(H2,12,14)/t6-/m0/s1. The molecular weight excluding hydrogens is 180 g/mol. The van der Waals surface area contributed by atoms with Crippen molar-refractivity contribution in [3.63, 3.8) is 0 Å². The number of hydrogen-bond acceptors (Lipinski definition) is 3. The normalized spacial score (nSPS) is 12.4. The van der Waals surface area contributed by atoms with E-state index in [4.69, 9.17) is 11.5 Å². The van der Waals surface area contributed by atoms with Gasteiger partial charge in [-0.15, -0.1) is 0 Å². The van der Waals surface area contributed by atoms with Crippen LogP contribution in [0.5, 0.6) is 5.75 Å². The molecule has 76 valence electrons. The van der Waals surface area contributed by atoms with Gasteiger partial charge < -0.3 is 16.6 Å². The van der Waals surface area contributed by atoms with Crippen LogP contribution in [0.15, 0.2) is 18.2 Å². The maximum atomic E-state index is 10.9. The molecule has 1 rings (SSSR count). The Morgan fingerprint density at radius 2 is 2.21 bits per heavy atom. The van der Waals surface area contributed by atoms with Crippen LogP contribution in [0.4, 0.5) is 0 Å². The third kappa shape index (κ3) is 2.47. The topological polar surface area (TPSA) is 89.3 Å². The summed E-state index contributed by atoms with van der Waals surface area (Å²) in [5, 5.41) is 9.31. The fraction of sp³-hybridized carbons (Fsp3) is 0.300. The Labute approximate surface area is 82.5 Å². The first-order valence-corrected chi connectivity index (χ1v) is 4.38. The van der Waals surface area contributed by atoms with Crippen molar-refractivity contribution < 1.29 is 9.90 Å². The Bertz CT molecular complexity index is 348. The van der Waals surface area contributed by atoms with Crippen LogP contribution < -0.4 is 11.5 Å². The molecule has 4 heteroatoms. The molecule has 0 saturated heterocycles. The van der Waals surface area contributed by atoms with Gasteiger partial charge in [0.25, 0.3) is 5.91 Å². The van der Waals surface area contributed by atoms with Crippen molar-refractivity contribution in [1.82, 2.24) is 0 Å². The number of carbonyl (C=O) groups excluding carboxylic acids is 1. The number of amides is 1. The van der Waals surface area contributed by atoms with E-state index in [0.717, 1.165) is 5.56 Å². The Morgan fingerprint density at radius 1 is 1.57 bits per heavy atom. The smallest absolute Gasteiger partial charge is 0.252 e. The Morgan fingerprint density at radius 3 is 2.71 bits per heavy atom. The summed E-state index contributed by atoms with van der Waals surface area (Å²) in [6.07, 6.45) is 0.653. The largest absolute Gasteiger partial charge is 0.507 e. The summed E-state index contributed by atoms with van der Waals surface area (Å²) >= 11 is 0. The van der Waals surface area contributed by atoms with Crippen molar-refractivity contribution in [3.8, 4) is 5.75 Å². The molecule has 1 amide bonds. The molecule has 0 spiro atoms. The molecule has 1 atom stereocenters. The van der Waals surface area contributed by atoms with E-state index < -0.39 is 5.91 Å². The van der Waals surface area contributed by atoms with Gasteiger partial charge in [0.2, 0.25) is 0 Å². The van der Waals surface area contributed by atoms with E-state index in [1.807, 2.05) is 6.92 Å². The zero-order chi connectivity index (χ0) is 10.7. The van der Waals surface area contributed by atoms with Crippen LogP contribution in [-0.2, 0) is 6.42 Å². The maximum absolute atomic E-state index is 10.9. The molecule has 4 nitrogen and oxygen atoms in total. The van der Waals surface area contributed by atoms with Crippen LogP contribution in [0.3, 0.4) is 0 Å². The first-order chi connectivity index (χ1) is 6.50. The van der Waals surface area contributed by atoms with Crippen LogP contribution in [-0.4, -0.2) is 17.1 Å². The summed E-state index contributed by atoms with van der Waals surface area (Å²) < 4.78 is 0. The lowest BCUT2D eigenvalue weighted by molar-refractivity contribution is 0.0997. The third-order valence-corrected chi connectivity index (χ3v) is 1.88. The van der Waals surface area contributed by atoms with E-state index in [9.17, 15) is 9.90 Å². The van der Waals surface area contributed by atoms with Crippen molar-refractivity contribution in [2.24, 2.45) is 11.5 Å². The van der Waals surface area contributed by atoms with Crippen molar-refractivity contribution >= 4 is 5.91 Å². The van der Waals surface area contributed by atoms with Gasteiger partial charge in [0, 0.05) is 6.04 Å². The molecule has 1 aromatic carbocycles. The van der Waals surface area contributed by atoms with Gasteiger partial charge in [0.05, 0.1) is 5.56 Å². The van der Waals surface area contributed by atoms with Crippen molar-refractivity contribution in [1.29, 1.82) is 0 Å². The molecule has 0 aliphatic carbocycles. The van der Waals surface area contributed by atoms with Crippen LogP contribution in [0.1, 0.15) is 22.8 Å². The van der Waals surface area contributed by atoms with E-state index in [1.165, 1.54) is 6.07 Å². The summed E-state index contributed by atoms with van der Waals surface area (Å²) in [5.74, 6) is -0.722. The first-order valence-electron chi connectivity index (χ1n) is 4.38. The Hall–Kier alpha value is -1.55. The highest BCUT2D eigenvalue weighted by Gasteiger charge is 2.08. The molecule has 0 radical (unpaired) electrons. The molecule has 0 aromatic heterocycles. The highest BCUT2D eigenvalue weighted by molar-refractivity contribution is 5.95. The number of primary amides is 1. The number of carbonyl (C=O) groups is 1. The van der Waals surface area contributed by atoms with Gasteiger partial charge >= 0.3 is 0 Å². The van der Waals surface area contributed by atoms with Gasteiger partial charge in [-0.25, -0.2) is 0 Å². The maximum Gasteiger partial charge on any atom is 0.252 e. The van der Waals surface area contributed by atoms with E-state index in [0.29, 0.717) is 6.42 Å². The highest BCUT2D eigenvalue weighted by Crippen LogP contribution is 2.18. The number of hydrogen-bond donors (Lipinski definition) is 3. The zero-order valence-corrected chi connectivity index (χ0v) is 8.03. The fourth-order valence-electron chi connectivity index (χ4n) is 1.28. The number of benzene rings is 1. The van der Waals surface area contributed by atoms with Gasteiger partial charge in [-0.1, -0.05) is 6.07 Å². The van der Waals surface area contributed by atoms with Gasteiger partial charge in [-0.3, -0.25) is 4.79 Å².